The highest BCUT2D eigenvalue weighted by Gasteiger charge is 2.38. The third kappa shape index (κ3) is 3.31. The number of hydrogen-bond donors (Lipinski definition) is 2. The summed E-state index contributed by atoms with van der Waals surface area (Å²) in [5.74, 6) is -0.179. The van der Waals surface area contributed by atoms with Crippen LogP contribution in [0.2, 0.25) is 0 Å². The number of carbonyl (C=O) groups excluding carboxylic acids is 1. The van der Waals surface area contributed by atoms with Gasteiger partial charge in [0.15, 0.2) is 5.76 Å². The van der Waals surface area contributed by atoms with Gasteiger partial charge in [0, 0.05) is 25.1 Å². The highest BCUT2D eigenvalue weighted by Crippen LogP contribution is 2.22. The van der Waals surface area contributed by atoms with Crippen molar-refractivity contribution in [1.82, 2.24) is 9.80 Å². The molecule has 0 unspecified atom stereocenters. The van der Waals surface area contributed by atoms with Crippen molar-refractivity contribution in [2.45, 2.75) is 32.4 Å². The van der Waals surface area contributed by atoms with Crippen molar-refractivity contribution in [2.24, 2.45) is 0 Å². The summed E-state index contributed by atoms with van der Waals surface area (Å²) in [5.41, 5.74) is 0.777. The van der Waals surface area contributed by atoms with Crippen molar-refractivity contribution in [3.05, 3.63) is 23.2 Å². The Balaban J connectivity index is 2.09. The minimum atomic E-state index is -0.964. The van der Waals surface area contributed by atoms with Gasteiger partial charge in [0.1, 0.15) is 5.76 Å². The number of amides is 1. The standard InChI is InChI=1S/C15H22N2O5/c1-4-10-5-9(2)14(22-10)15(21)17-6-11(12(18)7-17)16(3)8-13(19)20/h5,11-12,18H,4,6-8H2,1-3H3,(H,19,20)/t11-,12-/m1/s1. The van der Waals surface area contributed by atoms with Gasteiger partial charge in [-0.3, -0.25) is 14.5 Å². The molecule has 1 aliphatic rings. The summed E-state index contributed by atoms with van der Waals surface area (Å²) >= 11 is 0. The van der Waals surface area contributed by atoms with Gasteiger partial charge >= 0.3 is 5.97 Å². The smallest absolute Gasteiger partial charge is 0.317 e. The lowest BCUT2D eigenvalue weighted by Crippen LogP contribution is -2.43. The zero-order valence-electron chi connectivity index (χ0n) is 13.1. The van der Waals surface area contributed by atoms with Gasteiger partial charge in [-0.2, -0.15) is 0 Å². The number of carbonyl (C=O) groups is 2. The van der Waals surface area contributed by atoms with Crippen LogP contribution in [0.3, 0.4) is 0 Å². The Morgan fingerprint density at radius 3 is 2.68 bits per heavy atom. The molecule has 0 bridgehead atoms. The number of aliphatic hydroxyl groups excluding tert-OH is 1. The summed E-state index contributed by atoms with van der Waals surface area (Å²) in [6, 6.07) is 1.45. The topological polar surface area (TPSA) is 94.2 Å². The number of aryl methyl sites for hydroxylation is 2. The Labute approximate surface area is 129 Å². The Hall–Kier alpha value is -1.86. The van der Waals surface area contributed by atoms with Crippen LogP contribution in [0.4, 0.5) is 0 Å². The highest BCUT2D eigenvalue weighted by atomic mass is 16.4. The fourth-order valence-electron chi connectivity index (χ4n) is 2.78. The molecule has 2 heterocycles. The number of aliphatic hydroxyl groups is 1. The van der Waals surface area contributed by atoms with Crippen LogP contribution in [0, 0.1) is 6.92 Å². The van der Waals surface area contributed by atoms with E-state index in [0.717, 1.165) is 11.3 Å². The lowest BCUT2D eigenvalue weighted by molar-refractivity contribution is -0.138. The van der Waals surface area contributed by atoms with Crippen molar-refractivity contribution in [3.63, 3.8) is 0 Å². The number of furan rings is 1. The van der Waals surface area contributed by atoms with E-state index in [1.807, 2.05) is 19.9 Å². The average Bonchev–Trinajstić information content (AvgIpc) is 3.00. The van der Waals surface area contributed by atoms with E-state index in [-0.39, 0.29) is 31.6 Å². The Bertz CT molecular complexity index is 568. The van der Waals surface area contributed by atoms with Crippen LogP contribution in [0.25, 0.3) is 0 Å². The number of aliphatic carboxylic acids is 1. The largest absolute Gasteiger partial charge is 0.480 e. The molecule has 1 aromatic rings. The number of rotatable bonds is 5. The SMILES string of the molecule is CCc1cc(C)c(C(=O)N2C[C@@H](O)[C@H](N(C)CC(=O)O)C2)o1. The van der Waals surface area contributed by atoms with Gasteiger partial charge in [-0.05, 0) is 20.0 Å². The maximum absolute atomic E-state index is 12.5. The molecular weight excluding hydrogens is 288 g/mol. The zero-order valence-corrected chi connectivity index (χ0v) is 13.1. The van der Waals surface area contributed by atoms with E-state index in [9.17, 15) is 14.7 Å². The van der Waals surface area contributed by atoms with Gasteiger partial charge in [0.2, 0.25) is 0 Å². The molecule has 122 valence electrons. The van der Waals surface area contributed by atoms with E-state index >= 15 is 0 Å². The molecule has 1 amide bonds. The lowest BCUT2D eigenvalue weighted by Gasteiger charge is -2.24. The molecule has 2 atom stereocenters. The fourth-order valence-corrected chi connectivity index (χ4v) is 2.78. The number of β-amino-alcohol motifs (C(OH)–C–C–N with tert-alkyl or cyclic N) is 1. The number of carboxylic acids is 1. The van der Waals surface area contributed by atoms with Gasteiger partial charge < -0.3 is 19.5 Å². The summed E-state index contributed by atoms with van der Waals surface area (Å²) in [4.78, 5) is 26.4. The van der Waals surface area contributed by atoms with E-state index in [0.29, 0.717) is 12.2 Å². The molecule has 22 heavy (non-hydrogen) atoms. The highest BCUT2D eigenvalue weighted by molar-refractivity contribution is 5.93. The van der Waals surface area contributed by atoms with Crippen LogP contribution in [0.5, 0.6) is 0 Å². The molecule has 0 radical (unpaired) electrons. The molecule has 2 N–H and O–H groups in total. The molecule has 2 rings (SSSR count). The molecule has 0 saturated carbocycles. The molecule has 0 aliphatic carbocycles. The second-order valence-corrected chi connectivity index (χ2v) is 5.73. The first-order valence-electron chi connectivity index (χ1n) is 7.32. The van der Waals surface area contributed by atoms with E-state index < -0.39 is 12.1 Å². The molecule has 7 heteroatoms. The molecule has 7 nitrogen and oxygen atoms in total. The first-order valence-corrected chi connectivity index (χ1v) is 7.32. The normalized spacial score (nSPS) is 21.6. The van der Waals surface area contributed by atoms with Gasteiger partial charge in [0.25, 0.3) is 5.91 Å². The maximum atomic E-state index is 12.5. The number of likely N-dealkylation sites (tertiary alicyclic amines) is 1. The summed E-state index contributed by atoms with van der Waals surface area (Å²) in [6.45, 7) is 4.05. The third-order valence-corrected chi connectivity index (χ3v) is 4.01. The summed E-state index contributed by atoms with van der Waals surface area (Å²) in [7, 11) is 1.63. The number of likely N-dealkylation sites (N-methyl/N-ethyl adjacent to an activating group) is 1. The second-order valence-electron chi connectivity index (χ2n) is 5.73. The summed E-state index contributed by atoms with van der Waals surface area (Å²) < 4.78 is 5.55. The van der Waals surface area contributed by atoms with Crippen molar-refractivity contribution in [2.75, 3.05) is 26.7 Å². The van der Waals surface area contributed by atoms with Crippen LogP contribution < -0.4 is 0 Å². The van der Waals surface area contributed by atoms with Crippen LogP contribution in [0.15, 0.2) is 10.5 Å². The third-order valence-electron chi connectivity index (χ3n) is 4.01. The maximum Gasteiger partial charge on any atom is 0.317 e. The minimum Gasteiger partial charge on any atom is -0.480 e. The van der Waals surface area contributed by atoms with Crippen LogP contribution in [-0.4, -0.2) is 70.7 Å². The van der Waals surface area contributed by atoms with Crippen molar-refractivity contribution in [3.8, 4) is 0 Å². The molecule has 1 aliphatic heterocycles. The zero-order chi connectivity index (χ0) is 16.4. The molecule has 1 aromatic heterocycles. The van der Waals surface area contributed by atoms with Crippen molar-refractivity contribution in [1.29, 1.82) is 0 Å². The average molecular weight is 310 g/mol. The number of carboxylic acid groups (broad SMARTS) is 1. The monoisotopic (exact) mass is 310 g/mol. The number of hydrogen-bond acceptors (Lipinski definition) is 5. The molecule has 0 spiro atoms. The molecule has 1 fully saturated rings. The van der Waals surface area contributed by atoms with Crippen molar-refractivity contribution < 1.29 is 24.2 Å². The van der Waals surface area contributed by atoms with Gasteiger partial charge in [-0.1, -0.05) is 6.92 Å². The minimum absolute atomic E-state index is 0.176. The first kappa shape index (κ1) is 16.5. The fraction of sp³-hybridized carbons (Fsp3) is 0.600. The Morgan fingerprint density at radius 2 is 2.14 bits per heavy atom. The predicted molar refractivity (Wildman–Crippen MR) is 78.8 cm³/mol. The Morgan fingerprint density at radius 1 is 1.45 bits per heavy atom. The first-order chi connectivity index (χ1) is 10.3. The van der Waals surface area contributed by atoms with E-state index in [1.165, 1.54) is 4.90 Å². The second kappa shape index (κ2) is 6.50. The summed E-state index contributed by atoms with van der Waals surface area (Å²) in [5, 5.41) is 18.9. The summed E-state index contributed by atoms with van der Waals surface area (Å²) in [6.07, 6.45) is -0.0602. The van der Waals surface area contributed by atoms with Crippen LogP contribution >= 0.6 is 0 Å². The number of nitrogens with zero attached hydrogens (tertiary/aromatic N) is 2. The van der Waals surface area contributed by atoms with Gasteiger partial charge in [0.05, 0.1) is 18.7 Å². The van der Waals surface area contributed by atoms with E-state index in [2.05, 4.69) is 0 Å². The van der Waals surface area contributed by atoms with Crippen LogP contribution in [-0.2, 0) is 11.2 Å². The quantitative estimate of drug-likeness (QED) is 0.815. The van der Waals surface area contributed by atoms with Gasteiger partial charge in [-0.15, -0.1) is 0 Å². The van der Waals surface area contributed by atoms with E-state index in [1.54, 1.807) is 11.9 Å². The Kier molecular flexibility index (Phi) is 4.87. The molecule has 1 saturated heterocycles. The molecule has 0 aromatic carbocycles. The predicted octanol–water partition coefficient (Wildman–Crippen LogP) is 0.352. The van der Waals surface area contributed by atoms with Crippen molar-refractivity contribution >= 4 is 11.9 Å². The van der Waals surface area contributed by atoms with E-state index in [4.69, 9.17) is 9.52 Å². The van der Waals surface area contributed by atoms with Gasteiger partial charge in [-0.25, -0.2) is 0 Å². The molecular formula is C15H22N2O5. The van der Waals surface area contributed by atoms with Crippen LogP contribution in [0.1, 0.15) is 28.8 Å². The lowest BCUT2D eigenvalue weighted by atomic mass is 10.2.